The zero-order chi connectivity index (χ0) is 26.3. The summed E-state index contributed by atoms with van der Waals surface area (Å²) >= 11 is 5.97. The molecule has 0 aliphatic heterocycles. The van der Waals surface area contributed by atoms with Crippen LogP contribution in [0.25, 0.3) is 0 Å². The minimum Gasteiger partial charge on any atom is -0.338 e. The molecule has 36 heavy (non-hydrogen) atoms. The van der Waals surface area contributed by atoms with Crippen molar-refractivity contribution in [2.75, 3.05) is 28.6 Å². The van der Waals surface area contributed by atoms with Gasteiger partial charge in [-0.1, -0.05) is 41.9 Å². The largest absolute Gasteiger partial charge is 0.416 e. The highest BCUT2D eigenvalue weighted by atomic mass is 35.5. The lowest BCUT2D eigenvalue weighted by molar-refractivity contribution is -0.137. The first-order valence-electron chi connectivity index (χ1n) is 11.2. The number of alkyl halides is 3. The summed E-state index contributed by atoms with van der Waals surface area (Å²) in [6.07, 6.45) is -4.27. The van der Waals surface area contributed by atoms with E-state index in [9.17, 15) is 22.8 Å². The Morgan fingerprint density at radius 2 is 1.58 bits per heavy atom. The molecule has 3 aromatic carbocycles. The van der Waals surface area contributed by atoms with Crippen LogP contribution in [0, 0.1) is 13.8 Å². The zero-order valence-electron chi connectivity index (χ0n) is 19.7. The molecular weight excluding hydrogens is 493 g/mol. The Balaban J connectivity index is 1.68. The zero-order valence-corrected chi connectivity index (χ0v) is 20.5. The van der Waals surface area contributed by atoms with Crippen LogP contribution in [-0.4, -0.2) is 25.2 Å². The lowest BCUT2D eigenvalue weighted by Crippen LogP contribution is -2.38. The molecule has 0 saturated heterocycles. The predicted molar refractivity (Wildman–Crippen MR) is 137 cm³/mol. The van der Waals surface area contributed by atoms with Crippen molar-refractivity contribution in [3.05, 3.63) is 88.4 Å². The second-order valence-electron chi connectivity index (χ2n) is 8.14. The van der Waals surface area contributed by atoms with Crippen LogP contribution in [0.4, 0.5) is 39.8 Å². The summed E-state index contributed by atoms with van der Waals surface area (Å²) < 4.78 is 39.8. The molecule has 3 rings (SSSR count). The molecule has 0 fully saturated rings. The van der Waals surface area contributed by atoms with Gasteiger partial charge in [0.25, 0.3) is 0 Å². The number of urea groups is 2. The number of para-hydroxylation sites is 1. The molecule has 0 aliphatic rings. The van der Waals surface area contributed by atoms with Gasteiger partial charge in [-0.15, -0.1) is 0 Å². The van der Waals surface area contributed by atoms with Gasteiger partial charge in [0.15, 0.2) is 0 Å². The maximum atomic E-state index is 13.3. The molecule has 0 aliphatic carbocycles. The number of benzene rings is 3. The van der Waals surface area contributed by atoms with Crippen LogP contribution in [0.2, 0.25) is 5.02 Å². The molecule has 3 aromatic rings. The van der Waals surface area contributed by atoms with E-state index in [1.165, 1.54) is 23.1 Å². The molecule has 0 radical (unpaired) electrons. The molecule has 10 heteroatoms. The third-order valence-electron chi connectivity index (χ3n) is 5.37. The normalized spacial score (nSPS) is 11.1. The quantitative estimate of drug-likeness (QED) is 0.289. The average molecular weight is 519 g/mol. The molecule has 0 unspecified atom stereocenters. The minimum atomic E-state index is -4.56. The number of hydrogen-bond donors (Lipinski definition) is 3. The number of rotatable bonds is 7. The van der Waals surface area contributed by atoms with Gasteiger partial charge in [-0.25, -0.2) is 9.59 Å². The van der Waals surface area contributed by atoms with Crippen LogP contribution in [0.15, 0.2) is 66.7 Å². The van der Waals surface area contributed by atoms with E-state index < -0.39 is 23.8 Å². The van der Waals surface area contributed by atoms with Gasteiger partial charge >= 0.3 is 18.2 Å². The van der Waals surface area contributed by atoms with Crippen LogP contribution >= 0.6 is 11.6 Å². The van der Waals surface area contributed by atoms with Gasteiger partial charge < -0.3 is 16.0 Å². The molecule has 3 N–H and O–H groups in total. The fraction of sp³-hybridized carbons (Fsp3) is 0.231. The number of carbonyl (C=O) groups excluding carboxylic acids is 2. The van der Waals surface area contributed by atoms with E-state index in [4.69, 9.17) is 11.6 Å². The number of aryl methyl sites for hydroxylation is 2. The van der Waals surface area contributed by atoms with Crippen molar-refractivity contribution in [1.82, 2.24) is 5.32 Å². The summed E-state index contributed by atoms with van der Waals surface area (Å²) in [5.41, 5.74) is 2.14. The average Bonchev–Trinajstić information content (AvgIpc) is 2.81. The molecule has 0 spiro atoms. The van der Waals surface area contributed by atoms with Gasteiger partial charge in [0.05, 0.1) is 5.56 Å². The Morgan fingerprint density at radius 3 is 2.25 bits per heavy atom. The minimum absolute atomic E-state index is 0.0530. The van der Waals surface area contributed by atoms with Crippen LogP contribution in [0.3, 0.4) is 0 Å². The van der Waals surface area contributed by atoms with Crippen LogP contribution in [-0.2, 0) is 6.18 Å². The lowest BCUT2D eigenvalue weighted by atomic mass is 10.1. The van der Waals surface area contributed by atoms with Crippen molar-refractivity contribution < 1.29 is 22.8 Å². The molecule has 190 valence electrons. The maximum absolute atomic E-state index is 13.3. The summed E-state index contributed by atoms with van der Waals surface area (Å²) in [6, 6.07) is 15.6. The second kappa shape index (κ2) is 11.8. The van der Waals surface area contributed by atoms with Gasteiger partial charge in [-0.2, -0.15) is 13.2 Å². The topological polar surface area (TPSA) is 73.5 Å². The number of nitrogens with one attached hydrogen (secondary N) is 3. The Hall–Kier alpha value is -3.72. The smallest absolute Gasteiger partial charge is 0.338 e. The van der Waals surface area contributed by atoms with Crippen molar-refractivity contribution in [1.29, 1.82) is 0 Å². The summed E-state index contributed by atoms with van der Waals surface area (Å²) in [7, 11) is 0. The molecule has 0 heterocycles. The van der Waals surface area contributed by atoms with Gasteiger partial charge in [0, 0.05) is 35.2 Å². The van der Waals surface area contributed by atoms with Gasteiger partial charge in [-0.05, 0) is 67.8 Å². The van der Waals surface area contributed by atoms with E-state index in [-0.39, 0.29) is 18.8 Å². The van der Waals surface area contributed by atoms with Gasteiger partial charge in [-0.3, -0.25) is 4.90 Å². The van der Waals surface area contributed by atoms with Gasteiger partial charge in [0.1, 0.15) is 0 Å². The molecule has 0 atom stereocenters. The summed E-state index contributed by atoms with van der Waals surface area (Å²) in [6.45, 7) is 4.01. The number of nitrogens with zero attached hydrogens (tertiary/aromatic N) is 1. The van der Waals surface area contributed by atoms with E-state index in [2.05, 4.69) is 16.0 Å². The van der Waals surface area contributed by atoms with E-state index in [0.29, 0.717) is 22.8 Å². The van der Waals surface area contributed by atoms with Crippen molar-refractivity contribution in [2.24, 2.45) is 0 Å². The van der Waals surface area contributed by atoms with Crippen molar-refractivity contribution in [3.8, 4) is 0 Å². The highest BCUT2D eigenvalue weighted by Crippen LogP contribution is 2.32. The van der Waals surface area contributed by atoms with E-state index in [0.717, 1.165) is 23.3 Å². The Morgan fingerprint density at radius 1 is 0.917 bits per heavy atom. The first-order valence-corrected chi connectivity index (χ1v) is 11.5. The van der Waals surface area contributed by atoms with Crippen molar-refractivity contribution in [2.45, 2.75) is 26.4 Å². The molecule has 6 nitrogen and oxygen atoms in total. The molecule has 0 aromatic heterocycles. The highest BCUT2D eigenvalue weighted by molar-refractivity contribution is 6.30. The fourth-order valence-electron chi connectivity index (χ4n) is 3.56. The van der Waals surface area contributed by atoms with Crippen LogP contribution in [0.1, 0.15) is 23.1 Å². The number of amides is 4. The number of carbonyl (C=O) groups is 2. The number of halogens is 4. The summed E-state index contributed by atoms with van der Waals surface area (Å²) in [5, 5.41) is 8.58. The lowest BCUT2D eigenvalue weighted by Gasteiger charge is -2.24. The first kappa shape index (κ1) is 26.9. The SMILES string of the molecule is Cc1cccc(C)c1NC(=O)NCCCN(C(=O)Nc1cccc(Cl)c1)c1cccc(C(F)(F)F)c1. The van der Waals surface area contributed by atoms with Crippen LogP contribution in [0.5, 0.6) is 0 Å². The molecule has 0 bridgehead atoms. The van der Waals surface area contributed by atoms with E-state index >= 15 is 0 Å². The maximum Gasteiger partial charge on any atom is 0.416 e. The summed E-state index contributed by atoms with van der Waals surface area (Å²) in [5.74, 6) is 0. The Bertz CT molecular complexity index is 1210. The predicted octanol–water partition coefficient (Wildman–Crippen LogP) is 7.23. The Labute approximate surface area is 212 Å². The number of anilines is 3. The van der Waals surface area contributed by atoms with Gasteiger partial charge in [0.2, 0.25) is 0 Å². The third kappa shape index (κ3) is 7.39. The Kier molecular flexibility index (Phi) is 8.82. The molecular formula is C26H26ClF3N4O2. The molecule has 0 saturated carbocycles. The van der Waals surface area contributed by atoms with Crippen molar-refractivity contribution >= 4 is 40.7 Å². The second-order valence-corrected chi connectivity index (χ2v) is 8.58. The van der Waals surface area contributed by atoms with Crippen molar-refractivity contribution in [3.63, 3.8) is 0 Å². The molecule has 4 amide bonds. The summed E-state index contributed by atoms with van der Waals surface area (Å²) in [4.78, 5) is 26.6. The first-order chi connectivity index (χ1) is 17.0. The van der Waals surface area contributed by atoms with E-state index in [1.54, 1.807) is 18.2 Å². The standard InChI is InChI=1S/C26H26ClF3N4O2/c1-17-7-3-8-18(2)23(17)33-24(35)31-13-6-14-34(22-12-4-9-19(15-22)26(28,29)30)25(36)32-21-11-5-10-20(27)16-21/h3-5,7-12,15-16H,6,13-14H2,1-2H3,(H,32,36)(H2,31,33,35). The van der Waals surface area contributed by atoms with Crippen LogP contribution < -0.4 is 20.9 Å². The van der Waals surface area contributed by atoms with E-state index in [1.807, 2.05) is 32.0 Å². The number of hydrogen-bond acceptors (Lipinski definition) is 2. The third-order valence-corrected chi connectivity index (χ3v) is 5.61. The monoisotopic (exact) mass is 518 g/mol. The highest BCUT2D eigenvalue weighted by Gasteiger charge is 2.31. The fourth-order valence-corrected chi connectivity index (χ4v) is 3.75.